The van der Waals surface area contributed by atoms with Gasteiger partial charge in [0.05, 0.1) is 12.0 Å². The molecule has 122 valence electrons. The van der Waals surface area contributed by atoms with E-state index in [1.807, 2.05) is 7.05 Å². The Balaban J connectivity index is 1.81. The van der Waals surface area contributed by atoms with E-state index in [2.05, 4.69) is 10.2 Å². The van der Waals surface area contributed by atoms with E-state index in [4.69, 9.17) is 0 Å². The summed E-state index contributed by atoms with van der Waals surface area (Å²) in [6.07, 6.45) is -1.67. The molecule has 0 bridgehead atoms. The van der Waals surface area contributed by atoms with Crippen molar-refractivity contribution in [1.29, 1.82) is 0 Å². The van der Waals surface area contributed by atoms with Gasteiger partial charge in [-0.15, -0.1) is 0 Å². The molecule has 3 unspecified atom stereocenters. The monoisotopic (exact) mass is 307 g/mol. The molecule has 4 nitrogen and oxygen atoms in total. The summed E-state index contributed by atoms with van der Waals surface area (Å²) in [5, 5.41) is 2.77. The zero-order valence-corrected chi connectivity index (χ0v) is 12.6. The van der Waals surface area contributed by atoms with Gasteiger partial charge in [0.15, 0.2) is 0 Å². The molecule has 2 saturated heterocycles. The topological polar surface area (TPSA) is 35.6 Å². The molecule has 7 heteroatoms. The number of halogens is 3. The predicted octanol–water partition coefficient (Wildman–Crippen LogP) is 1.47. The second-order valence-electron chi connectivity index (χ2n) is 6.27. The molecule has 0 aromatic heterocycles. The molecule has 2 aliphatic heterocycles. The minimum absolute atomic E-state index is 0.0318. The number of rotatable bonds is 3. The van der Waals surface area contributed by atoms with Crippen LogP contribution in [0.1, 0.15) is 25.7 Å². The first-order chi connectivity index (χ1) is 9.79. The standard InChI is InChI=1S/C14H24F3N3O/c1-19-7-3-4-11(19)9-20(2)13(21)12-6-5-10(8-18-12)14(15,16)17/h10-12,18H,3-9H2,1-2H3. The van der Waals surface area contributed by atoms with Crippen LogP contribution in [0.25, 0.3) is 0 Å². The average Bonchev–Trinajstić information content (AvgIpc) is 2.82. The number of hydrogen-bond donors (Lipinski definition) is 1. The van der Waals surface area contributed by atoms with Crippen LogP contribution in [0.2, 0.25) is 0 Å². The van der Waals surface area contributed by atoms with Gasteiger partial charge < -0.3 is 15.1 Å². The molecule has 0 spiro atoms. The molecule has 0 radical (unpaired) electrons. The van der Waals surface area contributed by atoms with Crippen LogP contribution in [0.5, 0.6) is 0 Å². The average molecular weight is 307 g/mol. The molecule has 2 rings (SSSR count). The zero-order valence-electron chi connectivity index (χ0n) is 12.6. The summed E-state index contributed by atoms with van der Waals surface area (Å²) < 4.78 is 37.8. The van der Waals surface area contributed by atoms with E-state index in [-0.39, 0.29) is 25.3 Å². The Morgan fingerprint density at radius 2 is 2.05 bits per heavy atom. The number of carbonyl (C=O) groups is 1. The largest absolute Gasteiger partial charge is 0.393 e. The lowest BCUT2D eigenvalue weighted by molar-refractivity contribution is -0.180. The van der Waals surface area contributed by atoms with Crippen molar-refractivity contribution in [3.05, 3.63) is 0 Å². The van der Waals surface area contributed by atoms with E-state index in [0.29, 0.717) is 12.6 Å². The minimum atomic E-state index is -4.17. The number of nitrogens with zero attached hydrogens (tertiary/aromatic N) is 2. The van der Waals surface area contributed by atoms with Gasteiger partial charge in [-0.3, -0.25) is 4.79 Å². The molecule has 0 saturated carbocycles. The second-order valence-corrected chi connectivity index (χ2v) is 6.27. The Kier molecular flexibility index (Phi) is 5.14. The number of amides is 1. The smallest absolute Gasteiger partial charge is 0.343 e. The van der Waals surface area contributed by atoms with Crippen molar-refractivity contribution in [3.63, 3.8) is 0 Å². The number of likely N-dealkylation sites (tertiary alicyclic amines) is 1. The second kappa shape index (κ2) is 6.52. The zero-order chi connectivity index (χ0) is 15.6. The lowest BCUT2D eigenvalue weighted by Gasteiger charge is -2.34. The molecule has 1 amide bonds. The van der Waals surface area contributed by atoms with Crippen LogP contribution in [-0.2, 0) is 4.79 Å². The third kappa shape index (κ3) is 4.10. The summed E-state index contributed by atoms with van der Waals surface area (Å²) in [7, 11) is 3.79. The molecular formula is C14H24F3N3O. The van der Waals surface area contributed by atoms with Crippen LogP contribution in [0.15, 0.2) is 0 Å². The normalized spacial score (nSPS) is 31.4. The Morgan fingerprint density at radius 1 is 1.33 bits per heavy atom. The fourth-order valence-electron chi connectivity index (χ4n) is 3.23. The number of piperidine rings is 1. The van der Waals surface area contributed by atoms with Crippen molar-refractivity contribution < 1.29 is 18.0 Å². The van der Waals surface area contributed by atoms with Crippen molar-refractivity contribution in [1.82, 2.24) is 15.1 Å². The fourth-order valence-corrected chi connectivity index (χ4v) is 3.23. The molecular weight excluding hydrogens is 283 g/mol. The van der Waals surface area contributed by atoms with E-state index < -0.39 is 18.1 Å². The van der Waals surface area contributed by atoms with E-state index in [1.54, 1.807) is 11.9 Å². The van der Waals surface area contributed by atoms with Gasteiger partial charge >= 0.3 is 6.18 Å². The molecule has 3 atom stereocenters. The highest BCUT2D eigenvalue weighted by atomic mass is 19.4. The molecule has 0 aromatic carbocycles. The molecule has 1 N–H and O–H groups in total. The molecule has 2 fully saturated rings. The van der Waals surface area contributed by atoms with Gasteiger partial charge in [0.1, 0.15) is 0 Å². The Morgan fingerprint density at radius 3 is 2.52 bits per heavy atom. The van der Waals surface area contributed by atoms with Gasteiger partial charge in [-0.05, 0) is 39.3 Å². The van der Waals surface area contributed by atoms with E-state index in [1.165, 1.54) is 0 Å². The van der Waals surface area contributed by atoms with Crippen LogP contribution in [0.3, 0.4) is 0 Å². The number of alkyl halides is 3. The third-order valence-corrected chi connectivity index (χ3v) is 4.71. The lowest BCUT2D eigenvalue weighted by atomic mass is 9.93. The van der Waals surface area contributed by atoms with Gasteiger partial charge in [0.2, 0.25) is 5.91 Å². The molecule has 2 aliphatic rings. The maximum absolute atomic E-state index is 12.6. The highest BCUT2D eigenvalue weighted by Gasteiger charge is 2.42. The number of likely N-dealkylation sites (N-methyl/N-ethyl adjacent to an activating group) is 2. The summed E-state index contributed by atoms with van der Waals surface area (Å²) >= 11 is 0. The fraction of sp³-hybridized carbons (Fsp3) is 0.929. The van der Waals surface area contributed by atoms with E-state index in [0.717, 1.165) is 19.4 Å². The van der Waals surface area contributed by atoms with Gasteiger partial charge in [0, 0.05) is 26.2 Å². The SMILES string of the molecule is CN(CC1CCCN1C)C(=O)C1CCC(C(F)(F)F)CN1. The van der Waals surface area contributed by atoms with Crippen LogP contribution < -0.4 is 5.32 Å². The summed E-state index contributed by atoms with van der Waals surface area (Å²) in [6.45, 7) is 1.54. The predicted molar refractivity (Wildman–Crippen MR) is 73.9 cm³/mol. The maximum Gasteiger partial charge on any atom is 0.393 e. The van der Waals surface area contributed by atoms with Crippen molar-refractivity contribution >= 4 is 5.91 Å². The van der Waals surface area contributed by atoms with Gasteiger partial charge in [0.25, 0.3) is 0 Å². The Labute approximate surface area is 123 Å². The summed E-state index contributed by atoms with van der Waals surface area (Å²) in [5.74, 6) is -1.41. The van der Waals surface area contributed by atoms with Crippen molar-refractivity contribution in [2.75, 3.05) is 33.7 Å². The highest BCUT2D eigenvalue weighted by molar-refractivity contribution is 5.81. The maximum atomic E-state index is 12.6. The number of hydrogen-bond acceptors (Lipinski definition) is 3. The van der Waals surface area contributed by atoms with Crippen LogP contribution in [-0.4, -0.2) is 67.7 Å². The lowest BCUT2D eigenvalue weighted by Crippen LogP contribution is -2.53. The molecule has 2 heterocycles. The molecule has 0 aliphatic carbocycles. The first-order valence-electron chi connectivity index (χ1n) is 7.54. The van der Waals surface area contributed by atoms with Crippen LogP contribution in [0.4, 0.5) is 13.2 Å². The van der Waals surface area contributed by atoms with Crippen LogP contribution in [0, 0.1) is 5.92 Å². The quantitative estimate of drug-likeness (QED) is 0.858. The molecule has 21 heavy (non-hydrogen) atoms. The number of carbonyl (C=O) groups excluding carboxylic acids is 1. The first-order valence-corrected chi connectivity index (χ1v) is 7.54. The molecule has 0 aromatic rings. The highest BCUT2D eigenvalue weighted by Crippen LogP contribution is 2.32. The van der Waals surface area contributed by atoms with Gasteiger partial charge in [-0.2, -0.15) is 13.2 Å². The van der Waals surface area contributed by atoms with Crippen molar-refractivity contribution in [3.8, 4) is 0 Å². The van der Waals surface area contributed by atoms with E-state index >= 15 is 0 Å². The number of nitrogens with one attached hydrogen (secondary N) is 1. The van der Waals surface area contributed by atoms with Crippen LogP contribution >= 0.6 is 0 Å². The van der Waals surface area contributed by atoms with Gasteiger partial charge in [-0.25, -0.2) is 0 Å². The van der Waals surface area contributed by atoms with Gasteiger partial charge in [-0.1, -0.05) is 0 Å². The van der Waals surface area contributed by atoms with Crippen molar-refractivity contribution in [2.45, 2.75) is 43.9 Å². The summed E-state index contributed by atoms with van der Waals surface area (Å²) in [6, 6.07) is -0.106. The van der Waals surface area contributed by atoms with E-state index in [9.17, 15) is 18.0 Å². The Hall–Kier alpha value is -0.820. The first kappa shape index (κ1) is 16.5. The summed E-state index contributed by atoms with van der Waals surface area (Å²) in [4.78, 5) is 16.2. The Bertz CT molecular complexity index is 367. The summed E-state index contributed by atoms with van der Waals surface area (Å²) in [5.41, 5.74) is 0. The minimum Gasteiger partial charge on any atom is -0.343 e. The third-order valence-electron chi connectivity index (χ3n) is 4.71. The van der Waals surface area contributed by atoms with Crippen molar-refractivity contribution in [2.24, 2.45) is 5.92 Å².